The normalized spacial score (nSPS) is 21.5. The van der Waals surface area contributed by atoms with Gasteiger partial charge in [-0.1, -0.05) is 15.9 Å². The quantitative estimate of drug-likeness (QED) is 0.743. The van der Waals surface area contributed by atoms with Gasteiger partial charge in [0.1, 0.15) is 0 Å². The van der Waals surface area contributed by atoms with Gasteiger partial charge in [0.25, 0.3) is 0 Å². The van der Waals surface area contributed by atoms with Crippen molar-refractivity contribution in [1.29, 1.82) is 0 Å². The van der Waals surface area contributed by atoms with Crippen LogP contribution in [0.15, 0.2) is 0 Å². The van der Waals surface area contributed by atoms with Crippen LogP contribution < -0.4 is 0 Å². The van der Waals surface area contributed by atoms with Gasteiger partial charge in [0.2, 0.25) is 0 Å². The number of halogens is 1. The molecule has 1 aliphatic rings. The van der Waals surface area contributed by atoms with Crippen molar-refractivity contribution in [2.75, 3.05) is 25.0 Å². The van der Waals surface area contributed by atoms with E-state index in [1.54, 1.807) is 0 Å². The molecule has 0 aromatic carbocycles. The predicted octanol–water partition coefficient (Wildman–Crippen LogP) is 1.11. The van der Waals surface area contributed by atoms with E-state index in [1.807, 2.05) is 0 Å². The van der Waals surface area contributed by atoms with E-state index in [-0.39, 0.29) is 25.7 Å². The maximum Gasteiger partial charge on any atom is 0.407 e. The Labute approximate surface area is 95.6 Å². The van der Waals surface area contributed by atoms with E-state index in [2.05, 4.69) is 15.9 Å². The molecular formula is C8H13BrN2O4. The number of hydrogen-bond acceptors (Lipinski definition) is 2. The molecule has 1 heterocycles. The summed E-state index contributed by atoms with van der Waals surface area (Å²) in [5, 5.41) is 18.4. The van der Waals surface area contributed by atoms with Gasteiger partial charge in [0.15, 0.2) is 0 Å². The SMILES string of the molecule is O=C(O)N1CCN(C(=O)O)[C@H](CCBr)C1. The maximum absolute atomic E-state index is 10.9. The molecule has 0 spiro atoms. The molecule has 1 rings (SSSR count). The largest absolute Gasteiger partial charge is 0.465 e. The van der Waals surface area contributed by atoms with Crippen LogP contribution in [0.3, 0.4) is 0 Å². The standard InChI is InChI=1S/C8H13BrN2O4/c9-2-1-6-5-10(7(12)13)3-4-11(6)8(14)15/h6H,1-5H2,(H,12,13)(H,14,15)/t6-/m1/s1. The van der Waals surface area contributed by atoms with Crippen LogP contribution in [0.4, 0.5) is 9.59 Å². The van der Waals surface area contributed by atoms with Crippen LogP contribution in [-0.2, 0) is 0 Å². The van der Waals surface area contributed by atoms with Gasteiger partial charge < -0.3 is 20.0 Å². The Morgan fingerprint density at radius 2 is 1.93 bits per heavy atom. The Morgan fingerprint density at radius 1 is 1.27 bits per heavy atom. The van der Waals surface area contributed by atoms with Gasteiger partial charge in [-0.15, -0.1) is 0 Å². The molecule has 1 aliphatic heterocycles. The summed E-state index contributed by atoms with van der Waals surface area (Å²) in [7, 11) is 0. The highest BCUT2D eigenvalue weighted by Gasteiger charge is 2.31. The number of nitrogens with zero attached hydrogens (tertiary/aromatic N) is 2. The molecule has 1 saturated heterocycles. The molecule has 0 radical (unpaired) electrons. The smallest absolute Gasteiger partial charge is 0.407 e. The molecule has 0 aromatic rings. The van der Waals surface area contributed by atoms with Crippen molar-refractivity contribution in [3.8, 4) is 0 Å². The van der Waals surface area contributed by atoms with Crippen LogP contribution in [0.5, 0.6) is 0 Å². The molecule has 6 nitrogen and oxygen atoms in total. The lowest BCUT2D eigenvalue weighted by Gasteiger charge is -2.38. The minimum absolute atomic E-state index is 0.244. The van der Waals surface area contributed by atoms with Crippen LogP contribution in [0, 0.1) is 0 Å². The summed E-state index contributed by atoms with van der Waals surface area (Å²) < 4.78 is 0. The minimum atomic E-state index is -0.986. The van der Waals surface area contributed by atoms with Gasteiger partial charge in [0, 0.05) is 25.0 Å². The van der Waals surface area contributed by atoms with Crippen molar-refractivity contribution in [3.05, 3.63) is 0 Å². The molecule has 1 atom stereocenters. The third-order valence-electron chi connectivity index (χ3n) is 2.44. The second-order valence-electron chi connectivity index (χ2n) is 3.34. The second kappa shape index (κ2) is 5.20. The number of alkyl halides is 1. The van der Waals surface area contributed by atoms with Crippen molar-refractivity contribution >= 4 is 28.1 Å². The Balaban J connectivity index is 2.64. The lowest BCUT2D eigenvalue weighted by atomic mass is 10.1. The average molecular weight is 281 g/mol. The van der Waals surface area contributed by atoms with E-state index in [9.17, 15) is 9.59 Å². The minimum Gasteiger partial charge on any atom is -0.465 e. The number of hydrogen-bond donors (Lipinski definition) is 2. The zero-order valence-electron chi connectivity index (χ0n) is 8.10. The number of carboxylic acid groups (broad SMARTS) is 2. The summed E-state index contributed by atoms with van der Waals surface area (Å²) in [5.41, 5.74) is 0. The van der Waals surface area contributed by atoms with E-state index in [1.165, 1.54) is 9.80 Å². The third-order valence-corrected chi connectivity index (χ3v) is 2.90. The lowest BCUT2D eigenvalue weighted by Crippen LogP contribution is -2.56. The Hall–Kier alpha value is -0.980. The fraction of sp³-hybridized carbons (Fsp3) is 0.750. The number of piperazine rings is 1. The Bertz CT molecular complexity index is 261. The van der Waals surface area contributed by atoms with Crippen molar-refractivity contribution in [1.82, 2.24) is 9.80 Å². The highest BCUT2D eigenvalue weighted by molar-refractivity contribution is 9.09. The van der Waals surface area contributed by atoms with E-state index in [0.29, 0.717) is 11.8 Å². The number of carbonyl (C=O) groups is 2. The molecule has 0 aliphatic carbocycles. The van der Waals surface area contributed by atoms with Crippen LogP contribution in [-0.4, -0.2) is 63.2 Å². The Kier molecular flexibility index (Phi) is 4.19. The molecule has 7 heteroatoms. The summed E-state index contributed by atoms with van der Waals surface area (Å²) in [6.07, 6.45) is -1.35. The van der Waals surface area contributed by atoms with E-state index in [4.69, 9.17) is 10.2 Å². The molecule has 0 aromatic heterocycles. The first-order chi connectivity index (χ1) is 7.06. The summed E-state index contributed by atoms with van der Waals surface area (Å²) in [4.78, 5) is 24.2. The number of rotatable bonds is 2. The van der Waals surface area contributed by atoms with Gasteiger partial charge >= 0.3 is 12.2 Å². The van der Waals surface area contributed by atoms with Crippen LogP contribution in [0.2, 0.25) is 0 Å². The van der Waals surface area contributed by atoms with Crippen LogP contribution in [0.1, 0.15) is 6.42 Å². The first-order valence-corrected chi connectivity index (χ1v) is 5.71. The predicted molar refractivity (Wildman–Crippen MR) is 56.5 cm³/mol. The monoisotopic (exact) mass is 280 g/mol. The van der Waals surface area contributed by atoms with Gasteiger partial charge in [-0.25, -0.2) is 9.59 Å². The number of amides is 2. The van der Waals surface area contributed by atoms with Gasteiger partial charge in [-0.2, -0.15) is 0 Å². The van der Waals surface area contributed by atoms with Gasteiger partial charge in [-0.3, -0.25) is 0 Å². The first kappa shape index (κ1) is 12.1. The fourth-order valence-corrected chi connectivity index (χ4v) is 2.18. The van der Waals surface area contributed by atoms with E-state index >= 15 is 0 Å². The van der Waals surface area contributed by atoms with E-state index < -0.39 is 12.2 Å². The third kappa shape index (κ3) is 2.98. The topological polar surface area (TPSA) is 81.1 Å². The molecule has 1 fully saturated rings. The summed E-state index contributed by atoms with van der Waals surface area (Å²) in [5.74, 6) is 0. The first-order valence-electron chi connectivity index (χ1n) is 4.59. The highest BCUT2D eigenvalue weighted by atomic mass is 79.9. The zero-order valence-corrected chi connectivity index (χ0v) is 9.68. The summed E-state index contributed by atoms with van der Waals surface area (Å²) >= 11 is 3.23. The lowest BCUT2D eigenvalue weighted by molar-refractivity contribution is 0.0631. The molecule has 0 saturated carbocycles. The summed E-state index contributed by atoms with van der Waals surface area (Å²) in [6.45, 7) is 0.757. The molecule has 2 amide bonds. The molecule has 0 bridgehead atoms. The van der Waals surface area contributed by atoms with Gasteiger partial charge in [0.05, 0.1) is 6.04 Å². The highest BCUT2D eigenvalue weighted by Crippen LogP contribution is 2.14. The summed E-state index contributed by atoms with van der Waals surface area (Å²) in [6, 6.07) is -0.244. The van der Waals surface area contributed by atoms with Crippen molar-refractivity contribution in [2.24, 2.45) is 0 Å². The molecular weight excluding hydrogens is 268 g/mol. The average Bonchev–Trinajstić information content (AvgIpc) is 2.17. The van der Waals surface area contributed by atoms with E-state index in [0.717, 1.165) is 0 Å². The van der Waals surface area contributed by atoms with Crippen molar-refractivity contribution in [2.45, 2.75) is 12.5 Å². The fourth-order valence-electron chi connectivity index (χ4n) is 1.65. The zero-order chi connectivity index (χ0) is 11.4. The van der Waals surface area contributed by atoms with Crippen LogP contribution >= 0.6 is 15.9 Å². The van der Waals surface area contributed by atoms with Crippen molar-refractivity contribution in [3.63, 3.8) is 0 Å². The maximum atomic E-state index is 10.9. The Morgan fingerprint density at radius 3 is 2.40 bits per heavy atom. The molecule has 0 unspecified atom stereocenters. The molecule has 15 heavy (non-hydrogen) atoms. The second-order valence-corrected chi connectivity index (χ2v) is 4.13. The van der Waals surface area contributed by atoms with Crippen molar-refractivity contribution < 1.29 is 19.8 Å². The van der Waals surface area contributed by atoms with Gasteiger partial charge in [-0.05, 0) is 6.42 Å². The van der Waals surface area contributed by atoms with Crippen LogP contribution in [0.25, 0.3) is 0 Å². The molecule has 86 valence electrons. The molecule has 2 N–H and O–H groups in total.